The number of carbonyl (C=O) groups is 1. The van der Waals surface area contributed by atoms with Crippen LogP contribution in [0.1, 0.15) is 19.8 Å². The zero-order valence-corrected chi connectivity index (χ0v) is 11.0. The molecule has 5 heteroatoms. The predicted octanol–water partition coefficient (Wildman–Crippen LogP) is -0.0956. The maximum absolute atomic E-state index is 12.0. The Kier molecular flexibility index (Phi) is 6.47. The Morgan fingerprint density at radius 3 is 2.53 bits per heavy atom. The molecule has 100 valence electrons. The lowest BCUT2D eigenvalue weighted by Crippen LogP contribution is -2.53. The first kappa shape index (κ1) is 14.4. The molecule has 0 bridgehead atoms. The molecule has 0 aromatic rings. The van der Waals surface area contributed by atoms with Gasteiger partial charge in [0, 0.05) is 39.8 Å². The van der Waals surface area contributed by atoms with Crippen LogP contribution in [0.5, 0.6) is 0 Å². The zero-order chi connectivity index (χ0) is 12.7. The zero-order valence-electron chi connectivity index (χ0n) is 11.0. The molecule has 0 saturated carbocycles. The molecule has 1 unspecified atom stereocenters. The molecule has 17 heavy (non-hydrogen) atoms. The van der Waals surface area contributed by atoms with E-state index in [2.05, 4.69) is 11.8 Å². The highest BCUT2D eigenvalue weighted by atomic mass is 16.5. The third kappa shape index (κ3) is 4.61. The highest BCUT2D eigenvalue weighted by Crippen LogP contribution is 2.05. The fourth-order valence-corrected chi connectivity index (χ4v) is 2.08. The van der Waals surface area contributed by atoms with Crippen molar-refractivity contribution < 1.29 is 9.53 Å². The summed E-state index contributed by atoms with van der Waals surface area (Å²) in [5.41, 5.74) is 5.85. The van der Waals surface area contributed by atoms with E-state index in [0.717, 1.165) is 52.2 Å². The highest BCUT2D eigenvalue weighted by Gasteiger charge is 2.24. The summed E-state index contributed by atoms with van der Waals surface area (Å²) in [6, 6.07) is -0.314. The lowest BCUT2D eigenvalue weighted by atomic mass is 10.1. The monoisotopic (exact) mass is 243 g/mol. The predicted molar refractivity (Wildman–Crippen MR) is 67.8 cm³/mol. The van der Waals surface area contributed by atoms with Crippen LogP contribution in [0.2, 0.25) is 0 Å². The number of hydrogen-bond donors (Lipinski definition) is 1. The minimum absolute atomic E-state index is 0.109. The van der Waals surface area contributed by atoms with Crippen LogP contribution in [0, 0.1) is 0 Å². The van der Waals surface area contributed by atoms with Crippen LogP contribution >= 0.6 is 0 Å². The average molecular weight is 243 g/mol. The van der Waals surface area contributed by atoms with E-state index >= 15 is 0 Å². The molecule has 1 fully saturated rings. The summed E-state index contributed by atoms with van der Waals surface area (Å²) in [7, 11) is 1.71. The van der Waals surface area contributed by atoms with Crippen LogP contribution in [0.25, 0.3) is 0 Å². The molecule has 0 radical (unpaired) electrons. The van der Waals surface area contributed by atoms with Crippen molar-refractivity contribution in [3.8, 4) is 0 Å². The molecule has 0 aliphatic carbocycles. The van der Waals surface area contributed by atoms with E-state index in [-0.39, 0.29) is 11.9 Å². The van der Waals surface area contributed by atoms with Crippen molar-refractivity contribution >= 4 is 5.91 Å². The Bertz CT molecular complexity index is 228. The molecule has 1 rings (SSSR count). The Morgan fingerprint density at radius 1 is 1.35 bits per heavy atom. The van der Waals surface area contributed by atoms with Crippen molar-refractivity contribution in [3.05, 3.63) is 0 Å². The van der Waals surface area contributed by atoms with Crippen LogP contribution in [-0.4, -0.2) is 68.2 Å². The molecule has 0 aromatic heterocycles. The van der Waals surface area contributed by atoms with Gasteiger partial charge in [0.05, 0.1) is 12.6 Å². The fourth-order valence-electron chi connectivity index (χ4n) is 2.08. The first-order valence-electron chi connectivity index (χ1n) is 6.44. The molecule has 1 heterocycles. The lowest BCUT2D eigenvalue weighted by Gasteiger charge is -2.35. The van der Waals surface area contributed by atoms with Gasteiger partial charge in [-0.1, -0.05) is 13.3 Å². The maximum Gasteiger partial charge on any atom is 0.239 e. The van der Waals surface area contributed by atoms with E-state index in [0.29, 0.717) is 0 Å². The summed E-state index contributed by atoms with van der Waals surface area (Å²) < 4.78 is 5.05. The van der Waals surface area contributed by atoms with E-state index in [1.54, 1.807) is 7.11 Å². The van der Waals surface area contributed by atoms with Crippen LogP contribution in [0.15, 0.2) is 0 Å². The van der Waals surface area contributed by atoms with Gasteiger partial charge in [-0.05, 0) is 6.42 Å². The summed E-state index contributed by atoms with van der Waals surface area (Å²) in [5, 5.41) is 0. The molecule has 5 nitrogen and oxygen atoms in total. The number of amides is 1. The Labute approximate surface area is 104 Å². The second-order valence-electron chi connectivity index (χ2n) is 4.55. The third-order valence-corrected chi connectivity index (χ3v) is 3.21. The second-order valence-corrected chi connectivity index (χ2v) is 4.55. The molecule has 1 saturated heterocycles. The average Bonchev–Trinajstić information content (AvgIpc) is 2.36. The quantitative estimate of drug-likeness (QED) is 0.708. The van der Waals surface area contributed by atoms with Crippen molar-refractivity contribution in [1.29, 1.82) is 0 Å². The van der Waals surface area contributed by atoms with Crippen molar-refractivity contribution in [2.75, 3.05) is 46.4 Å². The van der Waals surface area contributed by atoms with Crippen molar-refractivity contribution in [3.63, 3.8) is 0 Å². The largest absolute Gasteiger partial charge is 0.383 e. The minimum atomic E-state index is -0.314. The van der Waals surface area contributed by atoms with Gasteiger partial charge in [0.15, 0.2) is 0 Å². The number of ether oxygens (including phenoxy) is 1. The number of nitrogens with two attached hydrogens (primary N) is 1. The van der Waals surface area contributed by atoms with Crippen LogP contribution in [-0.2, 0) is 9.53 Å². The number of carbonyl (C=O) groups excluding carboxylic acids is 1. The van der Waals surface area contributed by atoms with E-state index in [1.807, 2.05) is 4.90 Å². The molecule has 1 atom stereocenters. The highest BCUT2D eigenvalue weighted by molar-refractivity contribution is 5.81. The SMILES string of the molecule is CCCC(N)C(=O)N1CCN(CCOC)CC1. The van der Waals surface area contributed by atoms with Crippen molar-refractivity contribution in [2.24, 2.45) is 5.73 Å². The van der Waals surface area contributed by atoms with Gasteiger partial charge >= 0.3 is 0 Å². The number of nitrogens with zero attached hydrogens (tertiary/aromatic N) is 2. The molecule has 1 aliphatic rings. The van der Waals surface area contributed by atoms with Gasteiger partial charge in [0.2, 0.25) is 5.91 Å². The second kappa shape index (κ2) is 7.63. The normalized spacial score (nSPS) is 19.4. The summed E-state index contributed by atoms with van der Waals surface area (Å²) in [6.07, 6.45) is 1.74. The molecule has 1 aliphatic heterocycles. The Balaban J connectivity index is 2.28. The van der Waals surface area contributed by atoms with Crippen LogP contribution < -0.4 is 5.73 Å². The van der Waals surface area contributed by atoms with Crippen molar-refractivity contribution in [1.82, 2.24) is 9.80 Å². The van der Waals surface area contributed by atoms with Gasteiger partial charge in [0.25, 0.3) is 0 Å². The third-order valence-electron chi connectivity index (χ3n) is 3.21. The van der Waals surface area contributed by atoms with Crippen molar-refractivity contribution in [2.45, 2.75) is 25.8 Å². The maximum atomic E-state index is 12.0. The van der Waals surface area contributed by atoms with Gasteiger partial charge in [-0.15, -0.1) is 0 Å². The van der Waals surface area contributed by atoms with Gasteiger partial charge < -0.3 is 15.4 Å². The molecular weight excluding hydrogens is 218 g/mol. The standard InChI is InChI=1S/C12H25N3O2/c1-3-4-11(13)12(16)15-7-5-14(6-8-15)9-10-17-2/h11H,3-10,13H2,1-2H3. The Morgan fingerprint density at radius 2 is 2.00 bits per heavy atom. The van der Waals surface area contributed by atoms with Gasteiger partial charge in [-0.2, -0.15) is 0 Å². The smallest absolute Gasteiger partial charge is 0.239 e. The number of rotatable bonds is 6. The van der Waals surface area contributed by atoms with Crippen LogP contribution in [0.4, 0.5) is 0 Å². The van der Waals surface area contributed by atoms with E-state index in [4.69, 9.17) is 10.5 Å². The fraction of sp³-hybridized carbons (Fsp3) is 0.917. The molecule has 0 spiro atoms. The first-order valence-corrected chi connectivity index (χ1v) is 6.44. The van der Waals surface area contributed by atoms with Crippen LogP contribution in [0.3, 0.4) is 0 Å². The summed E-state index contributed by atoms with van der Waals surface area (Å²) >= 11 is 0. The minimum Gasteiger partial charge on any atom is -0.383 e. The van der Waals surface area contributed by atoms with E-state index < -0.39 is 0 Å². The number of piperazine rings is 1. The van der Waals surface area contributed by atoms with Gasteiger partial charge in [0.1, 0.15) is 0 Å². The topological polar surface area (TPSA) is 58.8 Å². The number of methoxy groups -OCH3 is 1. The summed E-state index contributed by atoms with van der Waals surface area (Å²) in [4.78, 5) is 16.2. The van der Waals surface area contributed by atoms with E-state index in [9.17, 15) is 4.79 Å². The Hall–Kier alpha value is -0.650. The van der Waals surface area contributed by atoms with E-state index in [1.165, 1.54) is 0 Å². The molecular formula is C12H25N3O2. The van der Waals surface area contributed by atoms with Gasteiger partial charge in [-0.25, -0.2) is 0 Å². The molecule has 0 aromatic carbocycles. The lowest BCUT2D eigenvalue weighted by molar-refractivity contribution is -0.134. The number of hydrogen-bond acceptors (Lipinski definition) is 4. The first-order chi connectivity index (χ1) is 8.19. The summed E-state index contributed by atoms with van der Waals surface area (Å²) in [6.45, 7) is 7.18. The molecule has 1 amide bonds. The van der Waals surface area contributed by atoms with Gasteiger partial charge in [-0.3, -0.25) is 9.69 Å². The summed E-state index contributed by atoms with van der Waals surface area (Å²) in [5.74, 6) is 0.109. The molecule has 2 N–H and O–H groups in total.